The van der Waals surface area contributed by atoms with E-state index in [1.54, 1.807) is 12.1 Å². The van der Waals surface area contributed by atoms with Crippen LogP contribution in [0.1, 0.15) is 23.9 Å². The summed E-state index contributed by atoms with van der Waals surface area (Å²) in [5, 5.41) is 27.4. The molecule has 2 atom stereocenters. The molecule has 1 amide bonds. The van der Waals surface area contributed by atoms with Gasteiger partial charge in [-0.15, -0.1) is 0 Å². The number of non-ortho nitro benzene ring substituents is 1. The number of hydrogen-bond donors (Lipinski definition) is 3. The van der Waals surface area contributed by atoms with E-state index < -0.39 is 22.8 Å². The number of nitro benzene ring substituents is 1. The fraction of sp³-hybridized carbons (Fsp3) is 0.312. The van der Waals surface area contributed by atoms with Crippen LogP contribution in [0.25, 0.3) is 0 Å². The lowest BCUT2D eigenvalue weighted by Gasteiger charge is -2.32. The van der Waals surface area contributed by atoms with Crippen LogP contribution in [0, 0.1) is 16.0 Å². The summed E-state index contributed by atoms with van der Waals surface area (Å²) >= 11 is 0. The molecule has 1 aliphatic rings. The number of nitrogens with two attached hydrogens (primary N) is 1. The highest BCUT2D eigenvalue weighted by atomic mass is 16.6. The minimum absolute atomic E-state index is 0.00221. The number of rotatable bonds is 6. The average Bonchev–Trinajstić information content (AvgIpc) is 3.00. The van der Waals surface area contributed by atoms with Crippen molar-refractivity contribution in [2.45, 2.75) is 18.9 Å². The molecule has 10 nitrogen and oxygen atoms in total. The molecule has 1 aromatic heterocycles. The number of fused-ring (bicyclic) bond motifs is 1. The minimum Gasteiger partial charge on any atom is -0.396 e. The fourth-order valence-corrected chi connectivity index (χ4v) is 3.03. The first-order valence-electron chi connectivity index (χ1n) is 7.98. The first kappa shape index (κ1) is 17.5. The molecule has 0 unspecified atom stereocenters. The smallest absolute Gasteiger partial charge is 0.269 e. The summed E-state index contributed by atoms with van der Waals surface area (Å²) in [4.78, 5) is 27.0. The van der Waals surface area contributed by atoms with Crippen molar-refractivity contribution in [1.82, 2.24) is 14.8 Å². The summed E-state index contributed by atoms with van der Waals surface area (Å²) in [6.45, 7) is 3.86. The molecule has 0 spiro atoms. The number of aliphatic hydroxyl groups is 1. The molecule has 2 aromatic rings. The predicted molar refractivity (Wildman–Crippen MR) is 92.1 cm³/mol. The van der Waals surface area contributed by atoms with Crippen molar-refractivity contribution < 1.29 is 14.8 Å². The van der Waals surface area contributed by atoms with Gasteiger partial charge < -0.3 is 16.2 Å². The van der Waals surface area contributed by atoms with Gasteiger partial charge in [-0.3, -0.25) is 14.9 Å². The van der Waals surface area contributed by atoms with Crippen LogP contribution in [0.2, 0.25) is 0 Å². The number of nitro groups is 1. The van der Waals surface area contributed by atoms with Gasteiger partial charge in [-0.1, -0.05) is 18.7 Å². The molecule has 10 heteroatoms. The number of carbonyl (C=O) groups is 1. The largest absolute Gasteiger partial charge is 0.396 e. The molecule has 0 saturated carbocycles. The predicted octanol–water partition coefficient (Wildman–Crippen LogP) is 0.741. The van der Waals surface area contributed by atoms with E-state index in [-0.39, 0.29) is 12.3 Å². The number of benzene rings is 1. The molecule has 1 aromatic carbocycles. The van der Waals surface area contributed by atoms with Crippen LogP contribution in [0.4, 0.5) is 11.6 Å². The van der Waals surface area contributed by atoms with Crippen LogP contribution < -0.4 is 11.1 Å². The van der Waals surface area contributed by atoms with Gasteiger partial charge in [0.1, 0.15) is 5.92 Å². The molecule has 4 N–H and O–H groups in total. The molecule has 0 radical (unpaired) electrons. The van der Waals surface area contributed by atoms with Crippen LogP contribution >= 0.6 is 0 Å². The zero-order valence-corrected chi connectivity index (χ0v) is 13.8. The molecule has 2 heterocycles. The van der Waals surface area contributed by atoms with E-state index in [1.165, 1.54) is 16.8 Å². The number of hydrogen-bond acceptors (Lipinski definition) is 7. The van der Waals surface area contributed by atoms with Crippen molar-refractivity contribution in [2.75, 3.05) is 11.9 Å². The van der Waals surface area contributed by atoms with Gasteiger partial charge in [0, 0.05) is 30.9 Å². The molecule has 0 fully saturated rings. The molecular weight excluding hydrogens is 340 g/mol. The van der Waals surface area contributed by atoms with Crippen molar-refractivity contribution in [3.05, 3.63) is 58.0 Å². The van der Waals surface area contributed by atoms with E-state index >= 15 is 0 Å². The van der Waals surface area contributed by atoms with Gasteiger partial charge in [0.05, 0.1) is 11.0 Å². The molecule has 3 rings (SSSR count). The highest BCUT2D eigenvalue weighted by Crippen LogP contribution is 2.38. The number of nitrogens with zero attached hydrogens (tertiary/aromatic N) is 4. The SMILES string of the molecule is C=C1Nc2nc(CCCO)nn2[C@@H](c2cccc([N+](=O)[O-])c2)[C@@H]1C(N)=O. The first-order valence-corrected chi connectivity index (χ1v) is 7.98. The maximum absolute atomic E-state index is 12.0. The van der Waals surface area contributed by atoms with Crippen molar-refractivity contribution in [2.24, 2.45) is 11.7 Å². The lowest BCUT2D eigenvalue weighted by molar-refractivity contribution is -0.384. The van der Waals surface area contributed by atoms with Crippen LogP contribution in [-0.2, 0) is 11.2 Å². The second-order valence-electron chi connectivity index (χ2n) is 5.95. The maximum Gasteiger partial charge on any atom is 0.269 e. The fourth-order valence-electron chi connectivity index (χ4n) is 3.03. The summed E-state index contributed by atoms with van der Waals surface area (Å²) in [6, 6.07) is 5.27. The van der Waals surface area contributed by atoms with Gasteiger partial charge in [-0.25, -0.2) is 4.68 Å². The van der Waals surface area contributed by atoms with Crippen LogP contribution in [0.15, 0.2) is 36.5 Å². The van der Waals surface area contributed by atoms with E-state index in [1.807, 2.05) is 0 Å². The number of carbonyl (C=O) groups excluding carboxylic acids is 1. The van der Waals surface area contributed by atoms with Crippen molar-refractivity contribution in [3.63, 3.8) is 0 Å². The number of aryl methyl sites for hydroxylation is 1. The normalized spacial score (nSPS) is 18.9. The van der Waals surface area contributed by atoms with Gasteiger partial charge in [0.2, 0.25) is 11.9 Å². The molecule has 0 bridgehead atoms. The Morgan fingerprint density at radius 1 is 1.50 bits per heavy atom. The Morgan fingerprint density at radius 3 is 2.92 bits per heavy atom. The Hall–Kier alpha value is -3.27. The van der Waals surface area contributed by atoms with E-state index in [0.717, 1.165) is 0 Å². The first-order chi connectivity index (χ1) is 12.4. The van der Waals surface area contributed by atoms with Crippen LogP contribution in [0.5, 0.6) is 0 Å². The van der Waals surface area contributed by atoms with Gasteiger partial charge in [0.15, 0.2) is 5.82 Å². The molecule has 136 valence electrons. The third-order valence-corrected chi connectivity index (χ3v) is 4.19. The minimum atomic E-state index is -0.850. The summed E-state index contributed by atoms with van der Waals surface area (Å²) in [6.07, 6.45) is 0.943. The highest BCUT2D eigenvalue weighted by molar-refractivity contribution is 5.82. The van der Waals surface area contributed by atoms with E-state index in [9.17, 15) is 14.9 Å². The van der Waals surface area contributed by atoms with Gasteiger partial charge >= 0.3 is 0 Å². The lowest BCUT2D eigenvalue weighted by Crippen LogP contribution is -2.40. The molecule has 26 heavy (non-hydrogen) atoms. The third-order valence-electron chi connectivity index (χ3n) is 4.19. The van der Waals surface area contributed by atoms with E-state index in [2.05, 4.69) is 22.0 Å². The number of anilines is 1. The lowest BCUT2D eigenvalue weighted by atomic mass is 9.88. The number of nitrogens with one attached hydrogen (secondary N) is 1. The summed E-state index contributed by atoms with van der Waals surface area (Å²) in [7, 11) is 0. The standard InChI is InChI=1S/C16H18N6O4/c1-9-13(15(17)24)14(10-4-2-5-11(8-10)22(25)26)21-16(18-9)19-12(20-21)6-3-7-23/h2,4-5,8,13-14,23H,1,3,6-7H2,(H2,17,24)(H,18,19,20)/t13-,14+/m1/s1. The monoisotopic (exact) mass is 358 g/mol. The van der Waals surface area contributed by atoms with Crippen molar-refractivity contribution in [3.8, 4) is 0 Å². The van der Waals surface area contributed by atoms with Crippen molar-refractivity contribution >= 4 is 17.5 Å². The Kier molecular flexibility index (Phi) is 4.67. The van der Waals surface area contributed by atoms with Gasteiger partial charge in [0.25, 0.3) is 5.69 Å². The summed E-state index contributed by atoms with van der Waals surface area (Å²) in [5.41, 5.74) is 6.31. The molecule has 0 saturated heterocycles. The van der Waals surface area contributed by atoms with E-state index in [0.29, 0.717) is 35.9 Å². The van der Waals surface area contributed by atoms with E-state index in [4.69, 9.17) is 10.8 Å². The second kappa shape index (κ2) is 6.92. The number of aromatic nitrogens is 3. The van der Waals surface area contributed by atoms with Crippen LogP contribution in [0.3, 0.4) is 0 Å². The second-order valence-corrected chi connectivity index (χ2v) is 5.95. The molecule has 0 aliphatic carbocycles. The Balaban J connectivity index is 2.11. The molecule has 1 aliphatic heterocycles. The maximum atomic E-state index is 12.0. The summed E-state index contributed by atoms with van der Waals surface area (Å²) < 4.78 is 1.50. The Bertz CT molecular complexity index is 877. The topological polar surface area (TPSA) is 149 Å². The van der Waals surface area contributed by atoms with Gasteiger partial charge in [-0.2, -0.15) is 10.1 Å². The van der Waals surface area contributed by atoms with Crippen LogP contribution in [-0.4, -0.2) is 37.3 Å². The summed E-state index contributed by atoms with van der Waals surface area (Å²) in [5.74, 6) is -0.624. The highest BCUT2D eigenvalue weighted by Gasteiger charge is 2.39. The quantitative estimate of drug-likeness (QED) is 0.509. The Morgan fingerprint density at radius 2 is 2.27 bits per heavy atom. The Labute approximate surface area is 148 Å². The van der Waals surface area contributed by atoms with Gasteiger partial charge in [-0.05, 0) is 12.0 Å². The third kappa shape index (κ3) is 3.14. The van der Waals surface area contributed by atoms with Crippen molar-refractivity contribution in [1.29, 1.82) is 0 Å². The molecular formula is C16H18N6O4. The number of primary amides is 1. The zero-order valence-electron chi connectivity index (χ0n) is 13.8. The average molecular weight is 358 g/mol. The number of amides is 1. The number of aliphatic hydroxyl groups excluding tert-OH is 1. The zero-order chi connectivity index (χ0) is 18.8.